The van der Waals surface area contributed by atoms with Gasteiger partial charge in [-0.05, 0) is 6.07 Å². The zero-order valence-corrected chi connectivity index (χ0v) is 9.10. The van der Waals surface area contributed by atoms with Crippen LogP contribution in [0.4, 0.5) is 0 Å². The van der Waals surface area contributed by atoms with E-state index in [9.17, 15) is 9.90 Å². The summed E-state index contributed by atoms with van der Waals surface area (Å²) in [6.07, 6.45) is -0.145. The van der Waals surface area contributed by atoms with Crippen LogP contribution in [0.15, 0.2) is 18.2 Å². The van der Waals surface area contributed by atoms with E-state index in [-0.39, 0.29) is 12.4 Å². The standard InChI is InChI=1S/C12H14O4/c1-2-9(13)6-8-4-3-5-10-12(8)16-11(14)7-15-10/h3-5,11,14H,2,6-7H2,1H3. The number of hydrogen-bond donors (Lipinski definition) is 1. The Balaban J connectivity index is 2.28. The van der Waals surface area contributed by atoms with Gasteiger partial charge < -0.3 is 14.6 Å². The topological polar surface area (TPSA) is 55.8 Å². The highest BCUT2D eigenvalue weighted by Crippen LogP contribution is 2.35. The molecule has 0 aliphatic carbocycles. The Morgan fingerprint density at radius 2 is 2.38 bits per heavy atom. The van der Waals surface area contributed by atoms with Crippen LogP contribution in [0.1, 0.15) is 18.9 Å². The maximum absolute atomic E-state index is 11.4. The fourth-order valence-electron chi connectivity index (χ4n) is 1.62. The minimum absolute atomic E-state index is 0.123. The van der Waals surface area contributed by atoms with Crippen molar-refractivity contribution in [2.45, 2.75) is 26.1 Å². The molecule has 0 fully saturated rings. The van der Waals surface area contributed by atoms with Crippen molar-refractivity contribution < 1.29 is 19.4 Å². The molecule has 1 aliphatic rings. The number of hydrogen-bond acceptors (Lipinski definition) is 4. The molecule has 0 radical (unpaired) electrons. The highest BCUT2D eigenvalue weighted by Gasteiger charge is 2.22. The number of aliphatic hydroxyl groups is 1. The monoisotopic (exact) mass is 222 g/mol. The molecule has 0 saturated heterocycles. The second-order valence-corrected chi connectivity index (χ2v) is 3.70. The number of benzene rings is 1. The van der Waals surface area contributed by atoms with Gasteiger partial charge in [0.25, 0.3) is 0 Å². The largest absolute Gasteiger partial charge is 0.483 e. The first kappa shape index (κ1) is 11.0. The Morgan fingerprint density at radius 1 is 1.56 bits per heavy atom. The van der Waals surface area contributed by atoms with Crippen molar-refractivity contribution in [3.8, 4) is 11.5 Å². The quantitative estimate of drug-likeness (QED) is 0.837. The smallest absolute Gasteiger partial charge is 0.232 e. The van der Waals surface area contributed by atoms with Crippen molar-refractivity contribution in [1.29, 1.82) is 0 Å². The Bertz CT molecular complexity index is 400. The van der Waals surface area contributed by atoms with E-state index in [2.05, 4.69) is 0 Å². The number of rotatable bonds is 3. The zero-order chi connectivity index (χ0) is 11.5. The van der Waals surface area contributed by atoms with Gasteiger partial charge in [0.2, 0.25) is 6.29 Å². The lowest BCUT2D eigenvalue weighted by Gasteiger charge is -2.24. The average Bonchev–Trinajstić information content (AvgIpc) is 2.29. The molecule has 4 heteroatoms. The maximum Gasteiger partial charge on any atom is 0.232 e. The number of carbonyl (C=O) groups is 1. The molecule has 1 heterocycles. The van der Waals surface area contributed by atoms with Crippen LogP contribution in [0, 0.1) is 0 Å². The Morgan fingerprint density at radius 3 is 3.12 bits per heavy atom. The molecule has 0 saturated carbocycles. The number of ether oxygens (including phenoxy) is 2. The summed E-state index contributed by atoms with van der Waals surface area (Å²) in [5.41, 5.74) is 0.767. The number of aliphatic hydroxyl groups excluding tert-OH is 1. The van der Waals surface area contributed by atoms with Crippen molar-refractivity contribution in [2.24, 2.45) is 0 Å². The van der Waals surface area contributed by atoms with Gasteiger partial charge in [0.1, 0.15) is 5.78 Å². The predicted molar refractivity (Wildman–Crippen MR) is 57.6 cm³/mol. The zero-order valence-electron chi connectivity index (χ0n) is 9.10. The van der Waals surface area contributed by atoms with E-state index in [1.807, 2.05) is 19.1 Å². The van der Waals surface area contributed by atoms with Crippen LogP contribution in [-0.4, -0.2) is 23.8 Å². The molecular formula is C12H14O4. The number of carbonyl (C=O) groups excluding carboxylic acids is 1. The minimum atomic E-state index is -0.953. The molecule has 1 N–H and O–H groups in total. The average molecular weight is 222 g/mol. The molecule has 0 amide bonds. The highest BCUT2D eigenvalue weighted by molar-refractivity contribution is 5.81. The molecule has 0 spiro atoms. The molecule has 1 aromatic carbocycles. The third-order valence-corrected chi connectivity index (χ3v) is 2.48. The van der Waals surface area contributed by atoms with Crippen LogP contribution >= 0.6 is 0 Å². The molecular weight excluding hydrogens is 208 g/mol. The van der Waals surface area contributed by atoms with Gasteiger partial charge in [-0.25, -0.2) is 0 Å². The molecule has 16 heavy (non-hydrogen) atoms. The van der Waals surface area contributed by atoms with E-state index in [1.165, 1.54) is 0 Å². The van der Waals surface area contributed by atoms with Crippen LogP contribution in [0.3, 0.4) is 0 Å². The molecule has 1 unspecified atom stereocenters. The summed E-state index contributed by atoms with van der Waals surface area (Å²) >= 11 is 0. The van der Waals surface area contributed by atoms with E-state index < -0.39 is 6.29 Å². The second-order valence-electron chi connectivity index (χ2n) is 3.70. The maximum atomic E-state index is 11.4. The van der Waals surface area contributed by atoms with E-state index >= 15 is 0 Å². The Labute approximate surface area is 93.8 Å². The normalized spacial score (nSPS) is 18.2. The second kappa shape index (κ2) is 4.53. The van der Waals surface area contributed by atoms with Crippen molar-refractivity contribution in [3.05, 3.63) is 23.8 Å². The highest BCUT2D eigenvalue weighted by atomic mass is 16.7. The third kappa shape index (κ3) is 2.17. The number of fused-ring (bicyclic) bond motifs is 1. The fraction of sp³-hybridized carbons (Fsp3) is 0.417. The molecule has 1 aliphatic heterocycles. The molecule has 1 atom stereocenters. The lowest BCUT2D eigenvalue weighted by atomic mass is 10.1. The molecule has 4 nitrogen and oxygen atoms in total. The molecule has 2 rings (SSSR count). The van der Waals surface area contributed by atoms with Gasteiger partial charge in [-0.15, -0.1) is 0 Å². The number of ketones is 1. The van der Waals surface area contributed by atoms with E-state index in [4.69, 9.17) is 9.47 Å². The first-order valence-corrected chi connectivity index (χ1v) is 5.31. The molecule has 0 bridgehead atoms. The van der Waals surface area contributed by atoms with Crippen LogP contribution in [0.25, 0.3) is 0 Å². The summed E-state index contributed by atoms with van der Waals surface area (Å²) < 4.78 is 10.6. The van der Waals surface area contributed by atoms with Crippen LogP contribution in [0.2, 0.25) is 0 Å². The third-order valence-electron chi connectivity index (χ3n) is 2.48. The summed E-state index contributed by atoms with van der Waals surface area (Å²) in [7, 11) is 0. The summed E-state index contributed by atoms with van der Waals surface area (Å²) in [6, 6.07) is 5.40. The summed E-state index contributed by atoms with van der Waals surface area (Å²) in [5, 5.41) is 9.34. The summed E-state index contributed by atoms with van der Waals surface area (Å²) in [4.78, 5) is 11.4. The van der Waals surface area contributed by atoms with Gasteiger partial charge in [0.05, 0.1) is 0 Å². The predicted octanol–water partition coefficient (Wildman–Crippen LogP) is 1.30. The lowest BCUT2D eigenvalue weighted by molar-refractivity contribution is -0.118. The van der Waals surface area contributed by atoms with Crippen LogP contribution in [0.5, 0.6) is 11.5 Å². The van der Waals surface area contributed by atoms with Gasteiger partial charge in [0, 0.05) is 18.4 Å². The first-order valence-electron chi connectivity index (χ1n) is 5.31. The van der Waals surface area contributed by atoms with Crippen LogP contribution in [-0.2, 0) is 11.2 Å². The van der Waals surface area contributed by atoms with Crippen LogP contribution < -0.4 is 9.47 Å². The van der Waals surface area contributed by atoms with Gasteiger partial charge in [-0.1, -0.05) is 19.1 Å². The van der Waals surface area contributed by atoms with Crippen molar-refractivity contribution >= 4 is 5.78 Å². The van der Waals surface area contributed by atoms with Crippen molar-refractivity contribution in [2.75, 3.05) is 6.61 Å². The molecule has 86 valence electrons. The number of para-hydroxylation sites is 1. The van der Waals surface area contributed by atoms with Crippen molar-refractivity contribution in [3.63, 3.8) is 0 Å². The first-order chi connectivity index (χ1) is 7.70. The Hall–Kier alpha value is -1.55. The summed E-state index contributed by atoms with van der Waals surface area (Å²) in [5.74, 6) is 1.21. The minimum Gasteiger partial charge on any atom is -0.483 e. The lowest BCUT2D eigenvalue weighted by Crippen LogP contribution is -2.29. The van der Waals surface area contributed by atoms with E-state index in [0.717, 1.165) is 5.56 Å². The van der Waals surface area contributed by atoms with Gasteiger partial charge in [0.15, 0.2) is 18.1 Å². The Kier molecular flexibility index (Phi) is 3.10. The van der Waals surface area contributed by atoms with E-state index in [1.54, 1.807) is 6.07 Å². The van der Waals surface area contributed by atoms with Gasteiger partial charge in [-0.2, -0.15) is 0 Å². The van der Waals surface area contributed by atoms with E-state index in [0.29, 0.717) is 24.3 Å². The summed E-state index contributed by atoms with van der Waals surface area (Å²) in [6.45, 7) is 1.95. The number of Topliss-reactive ketones (excluding diaryl/α,β-unsaturated/α-hetero) is 1. The molecule has 1 aromatic rings. The fourth-order valence-corrected chi connectivity index (χ4v) is 1.62. The van der Waals surface area contributed by atoms with Gasteiger partial charge in [-0.3, -0.25) is 4.79 Å². The molecule has 0 aromatic heterocycles. The van der Waals surface area contributed by atoms with Gasteiger partial charge >= 0.3 is 0 Å². The van der Waals surface area contributed by atoms with Crippen molar-refractivity contribution in [1.82, 2.24) is 0 Å². The SMILES string of the molecule is CCC(=O)Cc1cccc2c1OC(O)CO2.